The van der Waals surface area contributed by atoms with E-state index in [0.29, 0.717) is 36.2 Å². The number of amides is 1. The first kappa shape index (κ1) is 17.3. The third kappa shape index (κ3) is 3.95. The van der Waals surface area contributed by atoms with Gasteiger partial charge in [-0.1, -0.05) is 0 Å². The lowest BCUT2D eigenvalue weighted by atomic mass is 9.93. The smallest absolute Gasteiger partial charge is 0.253 e. The van der Waals surface area contributed by atoms with Gasteiger partial charge in [-0.05, 0) is 51.0 Å². The zero-order valence-corrected chi connectivity index (χ0v) is 14.8. The molecule has 25 heavy (non-hydrogen) atoms. The number of likely N-dealkylation sites (tertiary alicyclic amines) is 1. The number of hydrogen-bond acceptors (Lipinski definition) is 4. The van der Waals surface area contributed by atoms with Crippen molar-refractivity contribution in [2.75, 3.05) is 26.3 Å². The molecule has 1 aliphatic rings. The van der Waals surface area contributed by atoms with Crippen molar-refractivity contribution >= 4 is 5.91 Å². The highest BCUT2D eigenvalue weighted by atomic mass is 16.5. The molecule has 0 atom stereocenters. The number of carbonyl (C=O) groups excluding carboxylic acids is 1. The van der Waals surface area contributed by atoms with Crippen LogP contribution in [-0.2, 0) is 0 Å². The van der Waals surface area contributed by atoms with Gasteiger partial charge in [0.15, 0.2) is 11.5 Å². The first-order valence-electron chi connectivity index (χ1n) is 8.91. The van der Waals surface area contributed by atoms with Gasteiger partial charge in [-0.15, -0.1) is 0 Å². The van der Waals surface area contributed by atoms with E-state index in [4.69, 9.17) is 9.47 Å². The summed E-state index contributed by atoms with van der Waals surface area (Å²) in [5.74, 6) is 1.80. The van der Waals surface area contributed by atoms with E-state index in [1.807, 2.05) is 36.9 Å². The molecule has 0 radical (unpaired) electrons. The van der Waals surface area contributed by atoms with Crippen molar-refractivity contribution in [3.8, 4) is 11.5 Å². The van der Waals surface area contributed by atoms with Crippen LogP contribution in [0.15, 0.2) is 30.5 Å². The topological polar surface area (TPSA) is 67.5 Å². The highest BCUT2D eigenvalue weighted by molar-refractivity contribution is 5.95. The van der Waals surface area contributed by atoms with Crippen LogP contribution in [0.5, 0.6) is 11.5 Å². The maximum absolute atomic E-state index is 12.8. The summed E-state index contributed by atoms with van der Waals surface area (Å²) >= 11 is 0. The van der Waals surface area contributed by atoms with Crippen LogP contribution in [0.3, 0.4) is 0 Å². The largest absolute Gasteiger partial charge is 0.490 e. The molecule has 6 nitrogen and oxygen atoms in total. The van der Waals surface area contributed by atoms with Gasteiger partial charge in [-0.3, -0.25) is 9.89 Å². The van der Waals surface area contributed by atoms with Gasteiger partial charge in [0, 0.05) is 36.5 Å². The molecule has 6 heteroatoms. The normalized spacial score (nSPS) is 15.2. The van der Waals surface area contributed by atoms with Crippen LogP contribution >= 0.6 is 0 Å². The van der Waals surface area contributed by atoms with E-state index in [1.54, 1.807) is 12.3 Å². The van der Waals surface area contributed by atoms with Crippen LogP contribution in [-0.4, -0.2) is 47.3 Å². The number of rotatable bonds is 6. The summed E-state index contributed by atoms with van der Waals surface area (Å²) in [6.45, 7) is 6.45. The number of benzene rings is 1. The minimum atomic E-state index is 0.0482. The van der Waals surface area contributed by atoms with Crippen LogP contribution in [0.4, 0.5) is 0 Å². The molecule has 1 aliphatic heterocycles. The zero-order chi connectivity index (χ0) is 17.6. The van der Waals surface area contributed by atoms with Crippen molar-refractivity contribution < 1.29 is 14.3 Å². The predicted octanol–water partition coefficient (Wildman–Crippen LogP) is 3.23. The third-order valence-electron chi connectivity index (χ3n) is 4.53. The number of piperidine rings is 1. The van der Waals surface area contributed by atoms with E-state index in [0.717, 1.165) is 31.6 Å². The molecule has 0 bridgehead atoms. The molecule has 0 unspecified atom stereocenters. The first-order valence-corrected chi connectivity index (χ1v) is 8.91. The number of H-pyrrole nitrogens is 1. The van der Waals surface area contributed by atoms with Crippen molar-refractivity contribution in [1.82, 2.24) is 15.1 Å². The van der Waals surface area contributed by atoms with Gasteiger partial charge < -0.3 is 14.4 Å². The van der Waals surface area contributed by atoms with Crippen LogP contribution in [0.25, 0.3) is 0 Å². The maximum atomic E-state index is 12.8. The molecule has 2 heterocycles. The number of aromatic nitrogens is 2. The molecule has 1 saturated heterocycles. The Kier molecular flexibility index (Phi) is 5.58. The second-order valence-corrected chi connectivity index (χ2v) is 6.11. The Bertz CT molecular complexity index is 692. The molecule has 1 aromatic heterocycles. The minimum absolute atomic E-state index is 0.0482. The summed E-state index contributed by atoms with van der Waals surface area (Å²) in [6.07, 6.45) is 3.68. The monoisotopic (exact) mass is 343 g/mol. The van der Waals surface area contributed by atoms with Crippen LogP contribution in [0.2, 0.25) is 0 Å². The molecule has 0 aliphatic carbocycles. The average molecular weight is 343 g/mol. The van der Waals surface area contributed by atoms with Crippen LogP contribution in [0.1, 0.15) is 48.7 Å². The Morgan fingerprint density at radius 2 is 1.88 bits per heavy atom. The summed E-state index contributed by atoms with van der Waals surface area (Å²) in [5.41, 5.74) is 1.80. The molecule has 134 valence electrons. The number of aromatic amines is 1. The van der Waals surface area contributed by atoms with Gasteiger partial charge in [-0.25, -0.2) is 0 Å². The molecule has 1 aromatic carbocycles. The Morgan fingerprint density at radius 3 is 2.52 bits per heavy atom. The van der Waals surface area contributed by atoms with Gasteiger partial charge >= 0.3 is 0 Å². The summed E-state index contributed by atoms with van der Waals surface area (Å²) in [6, 6.07) is 7.44. The quantitative estimate of drug-likeness (QED) is 0.874. The zero-order valence-electron chi connectivity index (χ0n) is 14.8. The SMILES string of the molecule is CCOc1ccc(C(=O)N2CCC(c3ccn[nH]3)CC2)cc1OCC. The number of nitrogens with zero attached hydrogens (tertiary/aromatic N) is 2. The highest BCUT2D eigenvalue weighted by Gasteiger charge is 2.25. The summed E-state index contributed by atoms with van der Waals surface area (Å²) in [7, 11) is 0. The van der Waals surface area contributed by atoms with E-state index in [2.05, 4.69) is 10.2 Å². The fourth-order valence-electron chi connectivity index (χ4n) is 3.25. The predicted molar refractivity (Wildman–Crippen MR) is 95.2 cm³/mol. The average Bonchev–Trinajstić information content (AvgIpc) is 3.18. The van der Waals surface area contributed by atoms with Crippen LogP contribution in [0, 0.1) is 0 Å². The van der Waals surface area contributed by atoms with Crippen molar-refractivity contribution in [2.24, 2.45) is 0 Å². The van der Waals surface area contributed by atoms with Crippen molar-refractivity contribution in [3.63, 3.8) is 0 Å². The van der Waals surface area contributed by atoms with E-state index < -0.39 is 0 Å². The highest BCUT2D eigenvalue weighted by Crippen LogP contribution is 2.31. The lowest BCUT2D eigenvalue weighted by Gasteiger charge is -2.31. The van der Waals surface area contributed by atoms with E-state index in [1.165, 1.54) is 0 Å². The molecule has 1 amide bonds. The fraction of sp³-hybridized carbons (Fsp3) is 0.474. The number of carbonyl (C=O) groups is 1. The third-order valence-corrected chi connectivity index (χ3v) is 4.53. The van der Waals surface area contributed by atoms with Crippen LogP contribution < -0.4 is 9.47 Å². The van der Waals surface area contributed by atoms with E-state index in [9.17, 15) is 4.79 Å². The van der Waals surface area contributed by atoms with Gasteiger partial charge in [0.05, 0.1) is 13.2 Å². The summed E-state index contributed by atoms with van der Waals surface area (Å²) < 4.78 is 11.2. The Balaban J connectivity index is 1.67. The number of nitrogens with one attached hydrogen (secondary N) is 1. The lowest BCUT2D eigenvalue weighted by molar-refractivity contribution is 0.0711. The minimum Gasteiger partial charge on any atom is -0.490 e. The van der Waals surface area contributed by atoms with E-state index >= 15 is 0 Å². The Labute approximate surface area is 148 Å². The fourth-order valence-corrected chi connectivity index (χ4v) is 3.25. The van der Waals surface area contributed by atoms with Gasteiger partial charge in [0.1, 0.15) is 0 Å². The molecular weight excluding hydrogens is 318 g/mol. The van der Waals surface area contributed by atoms with Crippen molar-refractivity contribution in [3.05, 3.63) is 41.7 Å². The second kappa shape index (κ2) is 8.05. The molecule has 1 fully saturated rings. The standard InChI is InChI=1S/C19H25N3O3/c1-3-24-17-6-5-15(13-18(17)25-4-2)19(23)22-11-8-14(9-12-22)16-7-10-20-21-16/h5-7,10,13-14H,3-4,8-9,11-12H2,1-2H3,(H,20,21). The first-order chi connectivity index (χ1) is 12.2. The Morgan fingerprint density at radius 1 is 1.16 bits per heavy atom. The molecule has 2 aromatic rings. The second-order valence-electron chi connectivity index (χ2n) is 6.11. The van der Waals surface area contributed by atoms with Gasteiger partial charge in [0.2, 0.25) is 0 Å². The number of ether oxygens (including phenoxy) is 2. The van der Waals surface area contributed by atoms with Gasteiger partial charge in [-0.2, -0.15) is 5.10 Å². The Hall–Kier alpha value is -2.50. The van der Waals surface area contributed by atoms with E-state index in [-0.39, 0.29) is 5.91 Å². The molecule has 0 saturated carbocycles. The number of hydrogen-bond donors (Lipinski definition) is 1. The van der Waals surface area contributed by atoms with Crippen molar-refractivity contribution in [2.45, 2.75) is 32.6 Å². The summed E-state index contributed by atoms with van der Waals surface area (Å²) in [4.78, 5) is 14.7. The summed E-state index contributed by atoms with van der Waals surface area (Å²) in [5, 5.41) is 7.06. The molecule has 3 rings (SSSR count). The molecular formula is C19H25N3O3. The lowest BCUT2D eigenvalue weighted by Crippen LogP contribution is -2.38. The van der Waals surface area contributed by atoms with Crippen molar-refractivity contribution in [1.29, 1.82) is 0 Å². The van der Waals surface area contributed by atoms with Gasteiger partial charge in [0.25, 0.3) is 5.91 Å². The molecule has 0 spiro atoms. The maximum Gasteiger partial charge on any atom is 0.253 e. The molecule has 1 N–H and O–H groups in total.